The highest BCUT2D eigenvalue weighted by Crippen LogP contribution is 2.09. The van der Waals surface area contributed by atoms with Crippen LogP contribution in [0.15, 0.2) is 24.3 Å². The first-order valence-electron chi connectivity index (χ1n) is 7.35. The summed E-state index contributed by atoms with van der Waals surface area (Å²) in [6, 6.07) is 7.93. The lowest BCUT2D eigenvalue weighted by molar-refractivity contribution is 0.0574. The number of Topliss-reactive ketones (excluding diaryl/α,β-unsaturated/α-hetero) is 1. The fourth-order valence-corrected chi connectivity index (χ4v) is 2.11. The van der Waals surface area contributed by atoms with Crippen molar-refractivity contribution in [3.8, 4) is 0 Å². The van der Waals surface area contributed by atoms with Gasteiger partial charge in [0.1, 0.15) is 0 Å². The van der Waals surface area contributed by atoms with Gasteiger partial charge in [-0.05, 0) is 45.1 Å². The van der Waals surface area contributed by atoms with Gasteiger partial charge in [0.2, 0.25) is 0 Å². The summed E-state index contributed by atoms with van der Waals surface area (Å²) in [7, 11) is 0. The van der Waals surface area contributed by atoms with E-state index < -0.39 is 0 Å². The van der Waals surface area contributed by atoms with Crippen LogP contribution >= 0.6 is 0 Å². The third-order valence-corrected chi connectivity index (χ3v) is 3.32. The molecule has 0 radical (unpaired) electrons. The largest absolute Gasteiger partial charge is 0.379 e. The highest BCUT2D eigenvalue weighted by atomic mass is 16.5. The number of carbonyl (C=O) groups excluding carboxylic acids is 1. The van der Waals surface area contributed by atoms with E-state index >= 15 is 0 Å². The zero-order valence-corrected chi connectivity index (χ0v) is 12.4. The molecule has 0 aromatic heterocycles. The molecule has 2 nitrogen and oxygen atoms in total. The zero-order valence-electron chi connectivity index (χ0n) is 12.4. The Morgan fingerprint density at radius 1 is 1.21 bits per heavy atom. The molecule has 0 saturated carbocycles. The molecular formula is C17H26O2. The third-order valence-electron chi connectivity index (χ3n) is 3.32. The van der Waals surface area contributed by atoms with Crippen LogP contribution in [0.1, 0.15) is 62.4 Å². The number of hydrogen-bond acceptors (Lipinski definition) is 2. The second kappa shape index (κ2) is 8.87. The SMILES string of the molecule is CCCC(C)OCCCCc1ccc(C(C)=O)cc1. The molecule has 19 heavy (non-hydrogen) atoms. The summed E-state index contributed by atoms with van der Waals surface area (Å²) in [5.74, 6) is 0.130. The van der Waals surface area contributed by atoms with Crippen molar-refractivity contribution in [2.45, 2.75) is 59.0 Å². The van der Waals surface area contributed by atoms with E-state index in [4.69, 9.17) is 4.74 Å². The fourth-order valence-electron chi connectivity index (χ4n) is 2.11. The lowest BCUT2D eigenvalue weighted by atomic mass is 10.0. The molecule has 0 spiro atoms. The van der Waals surface area contributed by atoms with Gasteiger partial charge < -0.3 is 4.74 Å². The molecule has 0 heterocycles. The van der Waals surface area contributed by atoms with Gasteiger partial charge in [-0.3, -0.25) is 4.79 Å². The molecule has 1 atom stereocenters. The lowest BCUT2D eigenvalue weighted by Crippen LogP contribution is -2.08. The van der Waals surface area contributed by atoms with E-state index in [0.717, 1.165) is 37.9 Å². The highest BCUT2D eigenvalue weighted by molar-refractivity contribution is 5.93. The molecule has 0 amide bonds. The molecule has 0 aliphatic heterocycles. The third kappa shape index (κ3) is 6.53. The minimum absolute atomic E-state index is 0.130. The Balaban J connectivity index is 2.17. The molecule has 1 aromatic rings. The number of aryl methyl sites for hydroxylation is 1. The van der Waals surface area contributed by atoms with Crippen molar-refractivity contribution in [1.29, 1.82) is 0 Å². The van der Waals surface area contributed by atoms with Gasteiger partial charge in [0.15, 0.2) is 5.78 Å². The van der Waals surface area contributed by atoms with E-state index in [-0.39, 0.29) is 5.78 Å². The Morgan fingerprint density at radius 2 is 1.89 bits per heavy atom. The average molecular weight is 262 g/mol. The summed E-state index contributed by atoms with van der Waals surface area (Å²) >= 11 is 0. The topological polar surface area (TPSA) is 26.3 Å². The summed E-state index contributed by atoms with van der Waals surface area (Å²) in [6.07, 6.45) is 6.01. The Bertz CT molecular complexity index is 367. The summed E-state index contributed by atoms with van der Waals surface area (Å²) in [5.41, 5.74) is 2.09. The molecule has 0 N–H and O–H groups in total. The molecule has 0 bridgehead atoms. The number of carbonyl (C=O) groups is 1. The van der Waals surface area contributed by atoms with Gasteiger partial charge in [0.25, 0.3) is 0 Å². The minimum atomic E-state index is 0.130. The maximum atomic E-state index is 11.2. The van der Waals surface area contributed by atoms with Crippen molar-refractivity contribution >= 4 is 5.78 Å². The molecule has 106 valence electrons. The van der Waals surface area contributed by atoms with Crippen molar-refractivity contribution in [3.63, 3.8) is 0 Å². The van der Waals surface area contributed by atoms with E-state index in [1.54, 1.807) is 6.92 Å². The summed E-state index contributed by atoms with van der Waals surface area (Å²) < 4.78 is 5.73. The Kier molecular flexibility index (Phi) is 7.42. The second-order valence-electron chi connectivity index (χ2n) is 5.18. The van der Waals surface area contributed by atoms with Gasteiger partial charge in [0, 0.05) is 12.2 Å². The van der Waals surface area contributed by atoms with Crippen LogP contribution in [0.4, 0.5) is 0 Å². The number of ketones is 1. The number of rotatable bonds is 9. The Morgan fingerprint density at radius 3 is 2.47 bits per heavy atom. The summed E-state index contributed by atoms with van der Waals surface area (Å²) in [4.78, 5) is 11.2. The molecule has 0 aliphatic carbocycles. The fraction of sp³-hybridized carbons (Fsp3) is 0.588. The Hall–Kier alpha value is -1.15. The van der Waals surface area contributed by atoms with Crippen LogP contribution in [-0.2, 0) is 11.2 Å². The smallest absolute Gasteiger partial charge is 0.159 e. The van der Waals surface area contributed by atoms with E-state index in [0.29, 0.717) is 6.10 Å². The van der Waals surface area contributed by atoms with Crippen molar-refractivity contribution in [2.75, 3.05) is 6.61 Å². The van der Waals surface area contributed by atoms with Crippen molar-refractivity contribution in [2.24, 2.45) is 0 Å². The molecular weight excluding hydrogens is 236 g/mol. The molecule has 1 aromatic carbocycles. The van der Waals surface area contributed by atoms with Crippen LogP contribution in [0.3, 0.4) is 0 Å². The number of hydrogen-bond donors (Lipinski definition) is 0. The van der Waals surface area contributed by atoms with Crippen molar-refractivity contribution in [3.05, 3.63) is 35.4 Å². The van der Waals surface area contributed by atoms with Crippen LogP contribution in [0.25, 0.3) is 0 Å². The number of unbranched alkanes of at least 4 members (excludes halogenated alkanes) is 1. The normalized spacial score (nSPS) is 12.4. The monoisotopic (exact) mass is 262 g/mol. The number of ether oxygens (including phenoxy) is 1. The molecule has 0 aliphatic rings. The van der Waals surface area contributed by atoms with Crippen molar-refractivity contribution < 1.29 is 9.53 Å². The first-order chi connectivity index (χ1) is 9.13. The van der Waals surface area contributed by atoms with Gasteiger partial charge in [-0.25, -0.2) is 0 Å². The van der Waals surface area contributed by atoms with E-state index in [9.17, 15) is 4.79 Å². The molecule has 0 saturated heterocycles. The highest BCUT2D eigenvalue weighted by Gasteiger charge is 2.01. The molecule has 0 fully saturated rings. The predicted molar refractivity (Wildman–Crippen MR) is 79.7 cm³/mol. The summed E-state index contributed by atoms with van der Waals surface area (Å²) in [5, 5.41) is 0. The summed E-state index contributed by atoms with van der Waals surface area (Å²) in [6.45, 7) is 6.78. The quantitative estimate of drug-likeness (QED) is 0.486. The maximum absolute atomic E-state index is 11.2. The molecule has 2 heteroatoms. The van der Waals surface area contributed by atoms with Gasteiger partial charge in [-0.1, -0.05) is 37.6 Å². The first kappa shape index (κ1) is 15.9. The van der Waals surface area contributed by atoms with E-state index in [2.05, 4.69) is 26.0 Å². The Labute approximate surface area is 117 Å². The van der Waals surface area contributed by atoms with Gasteiger partial charge >= 0.3 is 0 Å². The standard InChI is InChI=1S/C17H26O2/c1-4-7-14(2)19-13-6-5-8-16-9-11-17(12-10-16)15(3)18/h9-12,14H,4-8,13H2,1-3H3. The van der Waals surface area contributed by atoms with Crippen LogP contribution < -0.4 is 0 Å². The zero-order chi connectivity index (χ0) is 14.1. The first-order valence-corrected chi connectivity index (χ1v) is 7.35. The van der Waals surface area contributed by atoms with Crippen LogP contribution in [0.2, 0.25) is 0 Å². The van der Waals surface area contributed by atoms with Crippen molar-refractivity contribution in [1.82, 2.24) is 0 Å². The van der Waals surface area contributed by atoms with Gasteiger partial charge in [-0.15, -0.1) is 0 Å². The van der Waals surface area contributed by atoms with E-state index in [1.807, 2.05) is 12.1 Å². The second-order valence-corrected chi connectivity index (χ2v) is 5.18. The molecule has 1 unspecified atom stereocenters. The number of benzene rings is 1. The van der Waals surface area contributed by atoms with Crippen LogP contribution in [-0.4, -0.2) is 18.5 Å². The average Bonchev–Trinajstić information content (AvgIpc) is 2.39. The molecule has 1 rings (SSSR count). The minimum Gasteiger partial charge on any atom is -0.379 e. The maximum Gasteiger partial charge on any atom is 0.159 e. The van der Waals surface area contributed by atoms with Gasteiger partial charge in [-0.2, -0.15) is 0 Å². The van der Waals surface area contributed by atoms with Gasteiger partial charge in [0.05, 0.1) is 6.10 Å². The van der Waals surface area contributed by atoms with Crippen LogP contribution in [0.5, 0.6) is 0 Å². The predicted octanol–water partition coefficient (Wildman–Crippen LogP) is 4.42. The van der Waals surface area contributed by atoms with Crippen LogP contribution in [0, 0.1) is 0 Å². The van der Waals surface area contributed by atoms with E-state index in [1.165, 1.54) is 12.0 Å². The lowest BCUT2D eigenvalue weighted by Gasteiger charge is -2.11.